The Morgan fingerprint density at radius 2 is 1.79 bits per heavy atom. The van der Waals surface area contributed by atoms with Crippen LogP contribution in [0.25, 0.3) is 11.0 Å². The molecule has 128 valence electrons. The number of benzene rings is 1. The third-order valence-electron chi connectivity index (χ3n) is 5.66. The largest absolute Gasteiger partial charge is 0.491 e. The van der Waals surface area contributed by atoms with Crippen molar-refractivity contribution in [2.24, 2.45) is 5.92 Å². The van der Waals surface area contributed by atoms with Crippen LogP contribution in [-0.2, 0) is 0 Å². The van der Waals surface area contributed by atoms with Crippen molar-refractivity contribution in [3.05, 3.63) is 23.2 Å². The summed E-state index contributed by atoms with van der Waals surface area (Å²) in [5.41, 5.74) is 6.13. The summed E-state index contributed by atoms with van der Waals surface area (Å²) in [4.78, 5) is 4.90. The second-order valence-corrected chi connectivity index (χ2v) is 7.05. The summed E-state index contributed by atoms with van der Waals surface area (Å²) in [5.74, 6) is 2.90. The molecule has 1 aromatic carbocycles. The molecule has 4 nitrogen and oxygen atoms in total. The molecule has 4 unspecified atom stereocenters. The van der Waals surface area contributed by atoms with Crippen LogP contribution in [0.1, 0.15) is 57.7 Å². The molecule has 3 heterocycles. The Balaban J connectivity index is 0.00000104. The molecule has 0 saturated heterocycles. The fourth-order valence-corrected chi connectivity index (χ4v) is 3.65. The molecule has 0 saturated carbocycles. The maximum absolute atomic E-state index is 6.17. The van der Waals surface area contributed by atoms with E-state index in [0.717, 1.165) is 17.2 Å². The van der Waals surface area contributed by atoms with Crippen LogP contribution in [0.4, 0.5) is 5.95 Å². The van der Waals surface area contributed by atoms with E-state index in [1.54, 1.807) is 0 Å². The van der Waals surface area contributed by atoms with Crippen LogP contribution in [-0.4, -0.2) is 21.7 Å². The van der Waals surface area contributed by atoms with Gasteiger partial charge in [-0.15, -0.1) is 6.54 Å². The van der Waals surface area contributed by atoms with Crippen molar-refractivity contribution >= 4 is 17.0 Å². The minimum Gasteiger partial charge on any atom is -0.491 e. The maximum atomic E-state index is 6.17. The van der Waals surface area contributed by atoms with Gasteiger partial charge in [0.1, 0.15) is 11.9 Å². The van der Waals surface area contributed by atoms with E-state index < -0.39 is 0 Å². The number of anilines is 1. The van der Waals surface area contributed by atoms with Crippen LogP contribution in [0.2, 0.25) is 0 Å². The summed E-state index contributed by atoms with van der Waals surface area (Å²) in [7, 11) is 0. The topological polar surface area (TPSA) is 39.1 Å². The van der Waals surface area contributed by atoms with Gasteiger partial charge in [-0.2, -0.15) is 0 Å². The van der Waals surface area contributed by atoms with Crippen molar-refractivity contribution in [3.8, 4) is 5.75 Å². The van der Waals surface area contributed by atoms with Crippen molar-refractivity contribution < 1.29 is 4.74 Å². The van der Waals surface area contributed by atoms with Gasteiger partial charge in [0.2, 0.25) is 0 Å². The van der Waals surface area contributed by atoms with Gasteiger partial charge < -0.3 is 14.6 Å². The SMILES string of the molecule is C.Cc1c2c(c3c(nc4n3[CH-]C(C)C(C)N4)c1C)C(C)C(C)O2.[Rf]. The first-order valence-electron chi connectivity index (χ1n) is 8.23. The van der Waals surface area contributed by atoms with Gasteiger partial charge >= 0.3 is 0 Å². The Hall–Kier alpha value is -2.84. The van der Waals surface area contributed by atoms with Crippen LogP contribution in [0.5, 0.6) is 5.75 Å². The number of nitrogens with zero attached hydrogens (tertiary/aromatic N) is 2. The van der Waals surface area contributed by atoms with E-state index in [2.05, 4.69) is 58.0 Å². The van der Waals surface area contributed by atoms with E-state index in [1.165, 1.54) is 22.2 Å². The summed E-state index contributed by atoms with van der Waals surface area (Å²) < 4.78 is 8.42. The third-order valence-corrected chi connectivity index (χ3v) is 5.66. The fourth-order valence-electron chi connectivity index (χ4n) is 3.65. The molecule has 2 aliphatic heterocycles. The fraction of sp³-hybridized carbons (Fsp3) is 0.579. The summed E-state index contributed by atoms with van der Waals surface area (Å²) in [6.07, 6.45) is 0.220. The number of aryl methyl sites for hydroxylation is 1. The summed E-state index contributed by atoms with van der Waals surface area (Å²) >= 11 is 0. The first-order valence-corrected chi connectivity index (χ1v) is 8.23. The van der Waals surface area contributed by atoms with Crippen molar-refractivity contribution in [2.45, 2.75) is 67.0 Å². The normalized spacial score (nSPS) is 27.1. The van der Waals surface area contributed by atoms with Crippen LogP contribution in [0, 0.1) is 26.3 Å². The molecular formula is C19H28N3ORf-. The van der Waals surface area contributed by atoms with E-state index in [4.69, 9.17) is 9.72 Å². The van der Waals surface area contributed by atoms with Gasteiger partial charge in [0, 0.05) is 17.5 Å². The molecular weight excluding hydrogens is 553 g/mol. The van der Waals surface area contributed by atoms with Gasteiger partial charge in [-0.25, -0.2) is 0 Å². The van der Waals surface area contributed by atoms with Crippen molar-refractivity contribution in [1.29, 1.82) is 0 Å². The zero-order chi connectivity index (χ0) is 15.8. The number of hydrogen-bond donors (Lipinski definition) is 1. The number of ether oxygens (including phenoxy) is 1. The van der Waals surface area contributed by atoms with Crippen LogP contribution >= 0.6 is 0 Å². The van der Waals surface area contributed by atoms with Crippen LogP contribution in [0.15, 0.2) is 0 Å². The molecule has 0 amide bonds. The van der Waals surface area contributed by atoms with E-state index in [0.29, 0.717) is 17.9 Å². The monoisotopic (exact) mass is 581 g/mol. The number of aromatic nitrogens is 2. The Morgan fingerprint density at radius 1 is 1.12 bits per heavy atom. The van der Waals surface area contributed by atoms with Crippen molar-refractivity contribution in [3.63, 3.8) is 0 Å². The average molecular weight is 581 g/mol. The number of hydrogen-bond acceptors (Lipinski definition) is 3. The van der Waals surface area contributed by atoms with Gasteiger partial charge in [-0.05, 0) is 55.8 Å². The van der Waals surface area contributed by atoms with Gasteiger partial charge in [-0.1, -0.05) is 21.3 Å². The molecule has 0 aliphatic carbocycles. The molecule has 4 atom stereocenters. The molecule has 0 fully saturated rings. The standard InChI is InChI=1S/C18H24N3O.CH4.Rf/c1-8-7-21-16-14-11(4)13(6)22-17(14)10(3)9(2)15(16)20-18(21)19-12(8)5;;/h7-8,11-13H,1-6H3,(H,19,20);1H4;/q-1;;. The van der Waals surface area contributed by atoms with Crippen LogP contribution < -0.4 is 10.1 Å². The Kier molecular flexibility index (Phi) is 3.91. The molecule has 0 spiro atoms. The second kappa shape index (κ2) is 5.36. The Bertz CT molecular complexity index is 783. The van der Waals surface area contributed by atoms with Gasteiger partial charge in [-0.3, -0.25) is 4.98 Å². The molecule has 1 aromatic heterocycles. The molecule has 2 aliphatic rings. The summed E-state index contributed by atoms with van der Waals surface area (Å²) in [6.45, 7) is 15.5. The number of nitrogens with one attached hydrogen (secondary N) is 1. The van der Waals surface area contributed by atoms with E-state index >= 15 is 0 Å². The number of rotatable bonds is 0. The zero-order valence-electron chi connectivity index (χ0n) is 14.9. The smallest absolute Gasteiger partial charge is 0.116 e. The minimum atomic E-state index is 0. The predicted octanol–water partition coefficient (Wildman–Crippen LogP) is 4.63. The Morgan fingerprint density at radius 3 is 2.46 bits per heavy atom. The van der Waals surface area contributed by atoms with Crippen molar-refractivity contribution in [2.75, 3.05) is 5.32 Å². The molecule has 5 heteroatoms. The predicted molar refractivity (Wildman–Crippen MR) is 96.4 cm³/mol. The molecule has 1 N–H and O–H groups in total. The minimum absolute atomic E-state index is 0. The number of fused-ring (bicyclic) bond motifs is 5. The Labute approximate surface area is 139 Å². The summed E-state index contributed by atoms with van der Waals surface area (Å²) in [5, 5.41) is 3.54. The van der Waals surface area contributed by atoms with E-state index in [-0.39, 0.29) is 13.5 Å². The molecule has 0 bridgehead atoms. The van der Waals surface area contributed by atoms with E-state index in [9.17, 15) is 0 Å². The molecule has 2 aromatic rings. The first-order chi connectivity index (χ1) is 10.4. The quantitative estimate of drug-likeness (QED) is 0.462. The molecule has 4 rings (SSSR count). The van der Waals surface area contributed by atoms with Gasteiger partial charge in [0.05, 0.1) is 5.95 Å². The molecule has 0 radical (unpaired) electrons. The van der Waals surface area contributed by atoms with Gasteiger partial charge in [0.15, 0.2) is 0 Å². The van der Waals surface area contributed by atoms with Crippen molar-refractivity contribution in [1.82, 2.24) is 9.55 Å². The van der Waals surface area contributed by atoms with E-state index in [1.807, 2.05) is 0 Å². The van der Waals surface area contributed by atoms with Crippen LogP contribution in [0.3, 0.4) is 0 Å². The van der Waals surface area contributed by atoms with Gasteiger partial charge in [0.25, 0.3) is 0 Å². The number of imidazole rings is 1. The maximum Gasteiger partial charge on any atom is 0.116 e. The average Bonchev–Trinajstić information content (AvgIpc) is 2.96. The third kappa shape index (κ3) is 1.93. The zero-order valence-corrected chi connectivity index (χ0v) is 21.3. The summed E-state index contributed by atoms with van der Waals surface area (Å²) in [6, 6.07) is 0.409. The first kappa shape index (κ1) is 17.5. The second-order valence-electron chi connectivity index (χ2n) is 7.05. The molecule has 24 heavy (non-hydrogen) atoms.